The third kappa shape index (κ3) is 7.13. The second-order valence-corrected chi connectivity index (χ2v) is 6.96. The fourth-order valence-corrected chi connectivity index (χ4v) is 2.71. The van der Waals surface area contributed by atoms with Gasteiger partial charge in [-0.3, -0.25) is 9.59 Å². The Morgan fingerprint density at radius 2 is 1.63 bits per heavy atom. The maximum absolute atomic E-state index is 12.4. The highest BCUT2D eigenvalue weighted by Crippen LogP contribution is 2.18. The predicted octanol–water partition coefficient (Wildman–Crippen LogP) is 3.67. The van der Waals surface area contributed by atoms with Gasteiger partial charge in [0, 0.05) is 13.5 Å². The van der Waals surface area contributed by atoms with Crippen LogP contribution in [0.1, 0.15) is 49.9 Å². The first kappa shape index (κ1) is 20.5. The molecule has 2 aromatic carbocycles. The van der Waals surface area contributed by atoms with Crippen LogP contribution in [0, 0.1) is 6.92 Å². The molecule has 5 nitrogen and oxygen atoms in total. The number of ether oxygens (including phenoxy) is 1. The number of aryl methyl sites for hydroxylation is 1. The van der Waals surface area contributed by atoms with Gasteiger partial charge in [0.25, 0.3) is 0 Å². The lowest BCUT2D eigenvalue weighted by Gasteiger charge is -2.18. The van der Waals surface area contributed by atoms with Gasteiger partial charge >= 0.3 is 0 Å². The molecule has 0 aliphatic heterocycles. The number of benzene rings is 2. The summed E-state index contributed by atoms with van der Waals surface area (Å²) in [6.45, 7) is 7.85. The third-order valence-electron chi connectivity index (χ3n) is 4.03. The molecule has 5 heteroatoms. The number of carbonyl (C=O) groups is 2. The first-order valence-electron chi connectivity index (χ1n) is 9.19. The van der Waals surface area contributed by atoms with Gasteiger partial charge in [-0.2, -0.15) is 0 Å². The summed E-state index contributed by atoms with van der Waals surface area (Å²) in [4.78, 5) is 23.9. The minimum atomic E-state index is -0.343. The molecule has 2 amide bonds. The van der Waals surface area contributed by atoms with Crippen molar-refractivity contribution in [2.75, 3.05) is 0 Å². The lowest BCUT2D eigenvalue weighted by molar-refractivity contribution is -0.122. The van der Waals surface area contributed by atoms with Gasteiger partial charge in [0.1, 0.15) is 5.75 Å². The molecule has 0 aromatic heterocycles. The molecule has 1 atom stereocenters. The highest BCUT2D eigenvalue weighted by atomic mass is 16.5. The van der Waals surface area contributed by atoms with Crippen LogP contribution in [0.2, 0.25) is 0 Å². The van der Waals surface area contributed by atoms with E-state index < -0.39 is 0 Å². The van der Waals surface area contributed by atoms with Crippen molar-refractivity contribution in [3.05, 3.63) is 65.2 Å². The van der Waals surface area contributed by atoms with Crippen LogP contribution in [-0.4, -0.2) is 17.9 Å². The molecule has 2 aromatic rings. The average Bonchev–Trinajstić information content (AvgIpc) is 2.60. The first-order valence-corrected chi connectivity index (χ1v) is 9.19. The smallest absolute Gasteiger partial charge is 0.222 e. The van der Waals surface area contributed by atoms with E-state index in [2.05, 4.69) is 10.6 Å². The van der Waals surface area contributed by atoms with E-state index >= 15 is 0 Å². The van der Waals surface area contributed by atoms with Crippen molar-refractivity contribution in [1.82, 2.24) is 10.6 Å². The summed E-state index contributed by atoms with van der Waals surface area (Å²) >= 11 is 0. The van der Waals surface area contributed by atoms with E-state index in [-0.39, 0.29) is 30.4 Å². The molecule has 0 radical (unpaired) electrons. The molecular weight excluding hydrogens is 340 g/mol. The summed E-state index contributed by atoms with van der Waals surface area (Å²) in [6, 6.07) is 15.2. The molecule has 0 heterocycles. The summed E-state index contributed by atoms with van der Waals surface area (Å²) < 4.78 is 5.61. The minimum Gasteiger partial charge on any atom is -0.491 e. The molecule has 1 unspecified atom stereocenters. The SMILES string of the molecule is CC(=O)NC(CC(=O)NCc1ccc(OC(C)C)cc1)c1ccc(C)cc1. The lowest BCUT2D eigenvalue weighted by atomic mass is 10.0. The molecule has 0 saturated carbocycles. The van der Waals surface area contributed by atoms with Gasteiger partial charge in [0.15, 0.2) is 0 Å². The lowest BCUT2D eigenvalue weighted by Crippen LogP contribution is -2.32. The minimum absolute atomic E-state index is 0.114. The molecule has 0 saturated heterocycles. The fraction of sp³-hybridized carbons (Fsp3) is 0.364. The van der Waals surface area contributed by atoms with Crippen molar-refractivity contribution >= 4 is 11.8 Å². The number of nitrogens with one attached hydrogen (secondary N) is 2. The molecule has 144 valence electrons. The van der Waals surface area contributed by atoms with Gasteiger partial charge in [-0.05, 0) is 44.0 Å². The van der Waals surface area contributed by atoms with Crippen LogP contribution in [0.4, 0.5) is 0 Å². The third-order valence-corrected chi connectivity index (χ3v) is 4.03. The Kier molecular flexibility index (Phi) is 7.41. The van der Waals surface area contributed by atoms with E-state index in [1.165, 1.54) is 6.92 Å². The van der Waals surface area contributed by atoms with Crippen molar-refractivity contribution in [3.63, 3.8) is 0 Å². The summed E-state index contributed by atoms with van der Waals surface area (Å²) in [5.74, 6) is 0.538. The Morgan fingerprint density at radius 1 is 1.00 bits per heavy atom. The Bertz CT molecular complexity index is 752. The largest absolute Gasteiger partial charge is 0.491 e. The molecule has 2 N–H and O–H groups in total. The van der Waals surface area contributed by atoms with Crippen LogP contribution in [0.15, 0.2) is 48.5 Å². The summed E-state index contributed by atoms with van der Waals surface area (Å²) in [6.07, 6.45) is 0.319. The second kappa shape index (κ2) is 9.76. The van der Waals surface area contributed by atoms with Gasteiger partial charge in [-0.1, -0.05) is 42.0 Å². The van der Waals surface area contributed by atoms with E-state index in [0.29, 0.717) is 6.54 Å². The van der Waals surface area contributed by atoms with Gasteiger partial charge in [0.2, 0.25) is 11.8 Å². The molecule has 0 spiro atoms. The van der Waals surface area contributed by atoms with Crippen molar-refractivity contribution in [2.24, 2.45) is 0 Å². The second-order valence-electron chi connectivity index (χ2n) is 6.96. The highest BCUT2D eigenvalue weighted by molar-refractivity contribution is 5.79. The fourth-order valence-electron chi connectivity index (χ4n) is 2.71. The Hall–Kier alpha value is -2.82. The number of rotatable bonds is 8. The number of carbonyl (C=O) groups excluding carboxylic acids is 2. The monoisotopic (exact) mass is 368 g/mol. The van der Waals surface area contributed by atoms with E-state index in [1.807, 2.05) is 69.3 Å². The van der Waals surface area contributed by atoms with E-state index in [4.69, 9.17) is 4.74 Å². The summed E-state index contributed by atoms with van der Waals surface area (Å²) in [5, 5.41) is 5.77. The molecular formula is C22H28N2O3. The zero-order chi connectivity index (χ0) is 19.8. The quantitative estimate of drug-likeness (QED) is 0.747. The van der Waals surface area contributed by atoms with Crippen LogP contribution in [0.5, 0.6) is 5.75 Å². The van der Waals surface area contributed by atoms with Crippen LogP contribution < -0.4 is 15.4 Å². The van der Waals surface area contributed by atoms with Gasteiger partial charge in [-0.15, -0.1) is 0 Å². The van der Waals surface area contributed by atoms with Gasteiger partial charge in [-0.25, -0.2) is 0 Å². The van der Waals surface area contributed by atoms with Crippen molar-refractivity contribution in [2.45, 2.75) is 52.8 Å². The number of amides is 2. The van der Waals surface area contributed by atoms with Crippen molar-refractivity contribution < 1.29 is 14.3 Å². The Labute approximate surface area is 161 Å². The standard InChI is InChI=1S/C22H28N2O3/c1-15(2)27-20-11-7-18(8-12-20)14-23-22(26)13-21(24-17(4)25)19-9-5-16(3)6-10-19/h5-12,15,21H,13-14H2,1-4H3,(H,23,26)(H,24,25). The van der Waals surface area contributed by atoms with Crippen LogP contribution in [0.25, 0.3) is 0 Å². The first-order chi connectivity index (χ1) is 12.8. The zero-order valence-corrected chi connectivity index (χ0v) is 16.4. The molecule has 0 fully saturated rings. The Balaban J connectivity index is 1.93. The Morgan fingerprint density at radius 3 is 2.19 bits per heavy atom. The summed E-state index contributed by atoms with van der Waals surface area (Å²) in [7, 11) is 0. The van der Waals surface area contributed by atoms with Crippen LogP contribution in [-0.2, 0) is 16.1 Å². The van der Waals surface area contributed by atoms with E-state index in [0.717, 1.165) is 22.4 Å². The number of hydrogen-bond acceptors (Lipinski definition) is 3. The average molecular weight is 368 g/mol. The topological polar surface area (TPSA) is 67.4 Å². The molecule has 0 bridgehead atoms. The van der Waals surface area contributed by atoms with Crippen LogP contribution in [0.3, 0.4) is 0 Å². The highest BCUT2D eigenvalue weighted by Gasteiger charge is 2.17. The zero-order valence-electron chi connectivity index (χ0n) is 16.4. The van der Waals surface area contributed by atoms with E-state index in [9.17, 15) is 9.59 Å². The van der Waals surface area contributed by atoms with Crippen molar-refractivity contribution in [1.29, 1.82) is 0 Å². The maximum Gasteiger partial charge on any atom is 0.222 e. The normalized spacial score (nSPS) is 11.7. The van der Waals surface area contributed by atoms with E-state index in [1.54, 1.807) is 0 Å². The molecule has 0 aliphatic rings. The number of hydrogen-bond donors (Lipinski definition) is 2. The summed E-state index contributed by atoms with van der Waals surface area (Å²) in [5.41, 5.74) is 3.04. The predicted molar refractivity (Wildman–Crippen MR) is 106 cm³/mol. The van der Waals surface area contributed by atoms with Gasteiger partial charge < -0.3 is 15.4 Å². The van der Waals surface area contributed by atoms with Gasteiger partial charge in [0.05, 0.1) is 18.6 Å². The molecule has 2 rings (SSSR count). The van der Waals surface area contributed by atoms with Crippen molar-refractivity contribution in [3.8, 4) is 5.75 Å². The molecule has 27 heavy (non-hydrogen) atoms. The molecule has 0 aliphatic carbocycles. The maximum atomic E-state index is 12.4. The van der Waals surface area contributed by atoms with Crippen LogP contribution >= 0.6 is 0 Å².